The Morgan fingerprint density at radius 2 is 1.41 bits per heavy atom. The zero-order valence-corrected chi connectivity index (χ0v) is 32.6. The number of aromatic nitrogens is 4. The largest absolute Gasteiger partial charge is 0.490 e. The van der Waals surface area contributed by atoms with E-state index in [1.165, 1.54) is 0 Å². The topological polar surface area (TPSA) is 232 Å². The Morgan fingerprint density at radius 1 is 0.831 bits per heavy atom. The van der Waals surface area contributed by atoms with Crippen LogP contribution in [-0.4, -0.2) is 110 Å². The van der Waals surface area contributed by atoms with Crippen LogP contribution in [0.15, 0.2) is 72.8 Å². The molecule has 0 radical (unpaired) electrons. The summed E-state index contributed by atoms with van der Waals surface area (Å²) in [5.41, 5.74) is 4.66. The molecule has 1 aliphatic carbocycles. The fraction of sp³-hybridized carbons (Fsp3) is 0.400. The molecule has 0 saturated heterocycles. The molecule has 1 saturated carbocycles. The molecule has 1 heterocycles. The fourth-order valence-corrected chi connectivity index (χ4v) is 6.43. The van der Waals surface area contributed by atoms with Crippen molar-refractivity contribution < 1.29 is 47.4 Å². The van der Waals surface area contributed by atoms with Crippen molar-refractivity contribution in [1.29, 1.82) is 0 Å². The Kier molecular flexibility index (Phi) is 16.9. The number of amides is 4. The summed E-state index contributed by atoms with van der Waals surface area (Å²) in [6.45, 7) is 7.85. The van der Waals surface area contributed by atoms with Gasteiger partial charge in [-0.05, 0) is 103 Å². The van der Waals surface area contributed by atoms with Gasteiger partial charge in [0.1, 0.15) is 6.04 Å². The standard InChI is InChI=1S/C38H47N9O5.C2HF3O2/c1-3-47(4-2)22-21-39-35(48)30-15-13-28(14-16-30)27-9-5-25(6-10-27)23-33(42-36(49)31-11-7-26(8-12-31)24-40-38(51)52)37(50)41-32-19-17-29(18-20-32)34-43-45-46-44-34;3-2(4,5)1(6)7/h5-6,9-10,13-20,26,31,33,40H,3-4,7-8,11-12,21-24H2,1-2H3,(H,39,48)(H,41,50)(H,42,49)(H,51,52)(H,43,44,45,46);(H,6,7)/t26?,31?,33-;/m0./s1. The first-order chi connectivity index (χ1) is 28.2. The van der Waals surface area contributed by atoms with Gasteiger partial charge in [0.05, 0.1) is 0 Å². The monoisotopic (exact) mass is 823 g/mol. The molecule has 0 unspecified atom stereocenters. The second-order valence-corrected chi connectivity index (χ2v) is 13.8. The van der Waals surface area contributed by atoms with Crippen molar-refractivity contribution in [1.82, 2.24) is 41.5 Å². The van der Waals surface area contributed by atoms with Gasteiger partial charge in [0.2, 0.25) is 17.6 Å². The fourth-order valence-electron chi connectivity index (χ4n) is 6.43. The summed E-state index contributed by atoms with van der Waals surface area (Å²) >= 11 is 0. The number of anilines is 1. The highest BCUT2D eigenvalue weighted by Crippen LogP contribution is 2.29. The molecular formula is C40H48F3N9O7. The van der Waals surface area contributed by atoms with Crippen LogP contribution in [0.25, 0.3) is 22.5 Å². The van der Waals surface area contributed by atoms with Gasteiger partial charge in [-0.3, -0.25) is 14.4 Å². The molecule has 59 heavy (non-hydrogen) atoms. The summed E-state index contributed by atoms with van der Waals surface area (Å²) in [7, 11) is 0. The third-order valence-electron chi connectivity index (χ3n) is 9.87. The lowest BCUT2D eigenvalue weighted by molar-refractivity contribution is -0.192. The van der Waals surface area contributed by atoms with E-state index in [9.17, 15) is 32.3 Å². The van der Waals surface area contributed by atoms with Crippen molar-refractivity contribution in [2.75, 3.05) is 38.0 Å². The number of halogens is 3. The lowest BCUT2D eigenvalue weighted by atomic mass is 9.81. The number of hydrogen-bond donors (Lipinski definition) is 7. The van der Waals surface area contributed by atoms with Crippen LogP contribution in [0.3, 0.4) is 0 Å². The Bertz CT molecular complexity index is 1970. The van der Waals surface area contributed by atoms with Crippen LogP contribution in [0.2, 0.25) is 0 Å². The van der Waals surface area contributed by atoms with Gasteiger partial charge in [0.25, 0.3) is 5.91 Å². The Balaban J connectivity index is 0.00000101. The van der Waals surface area contributed by atoms with E-state index in [-0.39, 0.29) is 36.0 Å². The number of benzene rings is 3. The number of nitrogens with one attached hydrogen (secondary N) is 5. The van der Waals surface area contributed by atoms with Gasteiger partial charge >= 0.3 is 18.2 Å². The molecule has 1 aliphatic rings. The number of alkyl halides is 3. The molecule has 1 atom stereocenters. The summed E-state index contributed by atoms with van der Waals surface area (Å²) < 4.78 is 31.7. The van der Waals surface area contributed by atoms with E-state index >= 15 is 0 Å². The maximum absolute atomic E-state index is 13.7. The number of likely N-dealkylation sites (N-methyl/N-ethyl adjacent to an activating group) is 1. The quantitative estimate of drug-likeness (QED) is 0.0797. The predicted octanol–water partition coefficient (Wildman–Crippen LogP) is 4.98. The van der Waals surface area contributed by atoms with Crippen LogP contribution >= 0.6 is 0 Å². The van der Waals surface area contributed by atoms with Crippen LogP contribution in [0.1, 0.15) is 55.5 Å². The summed E-state index contributed by atoms with van der Waals surface area (Å²) in [5.74, 6) is -3.05. The first-order valence-electron chi connectivity index (χ1n) is 19.1. The van der Waals surface area contributed by atoms with Crippen molar-refractivity contribution in [2.24, 2.45) is 11.8 Å². The molecule has 19 heteroatoms. The summed E-state index contributed by atoms with van der Waals surface area (Å²) in [6, 6.07) is 21.5. The number of nitrogens with zero attached hydrogens (tertiary/aromatic N) is 4. The maximum atomic E-state index is 13.7. The molecule has 0 aliphatic heterocycles. The van der Waals surface area contributed by atoms with Gasteiger partial charge in [0, 0.05) is 48.8 Å². The van der Waals surface area contributed by atoms with Gasteiger partial charge in [-0.25, -0.2) is 9.59 Å². The second-order valence-electron chi connectivity index (χ2n) is 13.8. The lowest BCUT2D eigenvalue weighted by Crippen LogP contribution is -2.48. The van der Waals surface area contributed by atoms with Crippen LogP contribution in [0.4, 0.5) is 23.7 Å². The smallest absolute Gasteiger partial charge is 0.475 e. The molecular weight excluding hydrogens is 775 g/mol. The lowest BCUT2D eigenvalue weighted by Gasteiger charge is -2.29. The van der Waals surface area contributed by atoms with E-state index in [0.29, 0.717) is 43.0 Å². The van der Waals surface area contributed by atoms with E-state index < -0.39 is 24.3 Å². The summed E-state index contributed by atoms with van der Waals surface area (Å²) in [6.07, 6.45) is -3.17. The third-order valence-corrected chi connectivity index (χ3v) is 9.87. The summed E-state index contributed by atoms with van der Waals surface area (Å²) in [5, 5.41) is 41.4. The minimum Gasteiger partial charge on any atom is -0.475 e. The number of carbonyl (C=O) groups excluding carboxylic acids is 3. The number of hydrogen-bond acceptors (Lipinski definition) is 9. The molecule has 16 nitrogen and oxygen atoms in total. The van der Waals surface area contributed by atoms with E-state index in [0.717, 1.165) is 54.7 Å². The number of aromatic amines is 1. The number of tetrazole rings is 1. The zero-order valence-electron chi connectivity index (χ0n) is 32.6. The Hall–Kier alpha value is -6.37. The minimum absolute atomic E-state index is 0.105. The van der Waals surface area contributed by atoms with Gasteiger partial charge in [-0.15, -0.1) is 10.2 Å². The number of aliphatic carboxylic acids is 1. The number of H-pyrrole nitrogens is 1. The average molecular weight is 824 g/mol. The molecule has 4 amide bonds. The van der Waals surface area contributed by atoms with E-state index in [2.05, 4.69) is 60.6 Å². The first kappa shape index (κ1) is 45.3. The summed E-state index contributed by atoms with van der Waals surface area (Å²) in [4.78, 5) is 61.9. The molecule has 5 rings (SSSR count). The van der Waals surface area contributed by atoms with Gasteiger partial charge in [-0.2, -0.15) is 18.4 Å². The highest BCUT2D eigenvalue weighted by molar-refractivity contribution is 5.98. The second kappa shape index (κ2) is 22.0. The van der Waals surface area contributed by atoms with Crippen molar-refractivity contribution in [3.63, 3.8) is 0 Å². The van der Waals surface area contributed by atoms with Gasteiger partial charge in [-0.1, -0.05) is 50.2 Å². The number of carboxylic acids is 1. The van der Waals surface area contributed by atoms with Crippen LogP contribution in [0.5, 0.6) is 0 Å². The highest BCUT2D eigenvalue weighted by atomic mass is 19.4. The molecule has 4 aromatic rings. The zero-order chi connectivity index (χ0) is 43.0. The van der Waals surface area contributed by atoms with Crippen molar-refractivity contribution in [3.05, 3.63) is 83.9 Å². The van der Waals surface area contributed by atoms with Crippen molar-refractivity contribution in [2.45, 2.75) is 58.2 Å². The first-order valence-corrected chi connectivity index (χ1v) is 19.1. The SMILES string of the molecule is CCN(CC)CCNC(=O)c1ccc(-c2ccc(C[C@H](NC(=O)C3CCC(CNC(=O)O)CC3)C(=O)Nc3ccc(-c4nn[nH]n4)cc3)cc2)cc1.O=C(O)C(F)(F)F. The third kappa shape index (κ3) is 14.5. The molecule has 1 aromatic heterocycles. The van der Waals surface area contributed by atoms with Crippen LogP contribution < -0.4 is 21.3 Å². The highest BCUT2D eigenvalue weighted by Gasteiger charge is 2.38. The number of carbonyl (C=O) groups is 5. The van der Waals surface area contributed by atoms with Crippen LogP contribution in [-0.2, 0) is 20.8 Å². The molecule has 316 valence electrons. The molecule has 7 N–H and O–H groups in total. The van der Waals surface area contributed by atoms with Crippen molar-refractivity contribution >= 4 is 35.5 Å². The van der Waals surface area contributed by atoms with Gasteiger partial charge < -0.3 is 36.4 Å². The number of carboxylic acid groups (broad SMARTS) is 2. The van der Waals surface area contributed by atoms with E-state index in [1.54, 1.807) is 24.3 Å². The predicted molar refractivity (Wildman–Crippen MR) is 211 cm³/mol. The van der Waals surface area contributed by atoms with Crippen LogP contribution in [0, 0.1) is 11.8 Å². The van der Waals surface area contributed by atoms with E-state index in [1.807, 2.05) is 48.5 Å². The molecule has 0 bridgehead atoms. The normalized spacial score (nSPS) is 15.6. The Morgan fingerprint density at radius 3 is 1.93 bits per heavy atom. The average Bonchev–Trinajstić information content (AvgIpc) is 3.77. The molecule has 3 aromatic carbocycles. The number of rotatable bonds is 16. The Labute approximate surface area is 338 Å². The maximum Gasteiger partial charge on any atom is 0.490 e. The van der Waals surface area contributed by atoms with Gasteiger partial charge in [0.15, 0.2) is 0 Å². The molecule has 0 spiro atoms. The van der Waals surface area contributed by atoms with Crippen molar-refractivity contribution in [3.8, 4) is 22.5 Å². The van der Waals surface area contributed by atoms with E-state index in [4.69, 9.17) is 15.0 Å². The molecule has 1 fully saturated rings. The minimum atomic E-state index is -5.08.